The minimum atomic E-state index is -1.18. The molecule has 1 atom stereocenters. The molecule has 0 bridgehead atoms. The van der Waals surface area contributed by atoms with E-state index in [2.05, 4.69) is 49.6 Å². The topological polar surface area (TPSA) is 0 Å². The van der Waals surface area contributed by atoms with E-state index in [0.29, 0.717) is 0 Å². The molecule has 0 spiro atoms. The Morgan fingerprint density at radius 1 is 1.38 bits per heavy atom. The monoisotopic (exact) mass is 188 g/mol. The van der Waals surface area contributed by atoms with Crippen molar-refractivity contribution in [2.45, 2.75) is 25.1 Å². The molecule has 1 aromatic rings. The van der Waals surface area contributed by atoms with Crippen molar-refractivity contribution in [2.75, 3.05) is 0 Å². The third-order valence-corrected chi connectivity index (χ3v) is 6.64. The molecule has 1 aliphatic rings. The number of rotatable bonds is 2. The Morgan fingerprint density at radius 2 is 2.08 bits per heavy atom. The Labute approximate surface area is 81.3 Å². The molecule has 1 aliphatic carbocycles. The van der Waals surface area contributed by atoms with Crippen molar-refractivity contribution in [3.63, 3.8) is 0 Å². The quantitative estimate of drug-likeness (QED) is 0.625. The third kappa shape index (κ3) is 1.27. The zero-order valence-corrected chi connectivity index (χ0v) is 9.38. The summed E-state index contributed by atoms with van der Waals surface area (Å²) in [7, 11) is -1.18. The number of benzene rings is 1. The highest BCUT2D eigenvalue weighted by Crippen LogP contribution is 2.41. The van der Waals surface area contributed by atoms with Gasteiger partial charge in [0.05, 0.1) is 8.07 Å². The number of fused-ring (bicyclic) bond motifs is 1. The van der Waals surface area contributed by atoms with Crippen LogP contribution in [-0.2, 0) is 6.42 Å². The van der Waals surface area contributed by atoms with Gasteiger partial charge in [0.1, 0.15) is 0 Å². The van der Waals surface area contributed by atoms with Crippen molar-refractivity contribution >= 4 is 8.07 Å². The summed E-state index contributed by atoms with van der Waals surface area (Å²) in [4.78, 5) is 0. The van der Waals surface area contributed by atoms with E-state index >= 15 is 0 Å². The van der Waals surface area contributed by atoms with Gasteiger partial charge in [-0.2, -0.15) is 0 Å². The highest BCUT2D eigenvalue weighted by Gasteiger charge is 2.37. The van der Waals surface area contributed by atoms with Gasteiger partial charge in [0.2, 0.25) is 0 Å². The summed E-state index contributed by atoms with van der Waals surface area (Å²) in [5, 5.41) is 0. The van der Waals surface area contributed by atoms with E-state index in [1.54, 1.807) is 11.1 Å². The molecular weight excluding hydrogens is 172 g/mol. The molecule has 0 fully saturated rings. The second kappa shape index (κ2) is 2.84. The minimum Gasteiger partial charge on any atom is -0.107 e. The maximum absolute atomic E-state index is 3.97. The Hall–Kier alpha value is -0.823. The number of hydrogen-bond acceptors (Lipinski definition) is 0. The second-order valence-corrected chi connectivity index (χ2v) is 9.23. The first-order valence-electron chi connectivity index (χ1n) is 4.86. The molecule has 2 rings (SSSR count). The van der Waals surface area contributed by atoms with Crippen LogP contribution in [0.25, 0.3) is 0 Å². The Bertz CT molecular complexity index is 339. The van der Waals surface area contributed by atoms with Gasteiger partial charge in [0, 0.05) is 0 Å². The molecule has 1 unspecified atom stereocenters. The van der Waals surface area contributed by atoms with Crippen molar-refractivity contribution in [1.29, 1.82) is 0 Å². The molecule has 0 saturated carbocycles. The van der Waals surface area contributed by atoms with Gasteiger partial charge in [-0.15, -0.1) is 12.3 Å². The lowest BCUT2D eigenvalue weighted by molar-refractivity contribution is 0.773. The van der Waals surface area contributed by atoms with Crippen molar-refractivity contribution in [2.24, 2.45) is 0 Å². The third-order valence-electron chi connectivity index (χ3n) is 3.28. The maximum atomic E-state index is 3.97. The van der Waals surface area contributed by atoms with Crippen LogP contribution in [0.4, 0.5) is 0 Å². The first kappa shape index (κ1) is 8.76. The molecule has 0 radical (unpaired) electrons. The Balaban J connectivity index is 2.31. The van der Waals surface area contributed by atoms with Gasteiger partial charge in [-0.1, -0.05) is 37.4 Å². The predicted octanol–water partition coefficient (Wildman–Crippen LogP) is 3.30. The van der Waals surface area contributed by atoms with Crippen LogP contribution in [0, 0.1) is 0 Å². The van der Waals surface area contributed by atoms with Crippen LogP contribution in [0.1, 0.15) is 16.7 Å². The molecule has 13 heavy (non-hydrogen) atoms. The van der Waals surface area contributed by atoms with Gasteiger partial charge < -0.3 is 0 Å². The molecule has 0 saturated heterocycles. The van der Waals surface area contributed by atoms with E-state index in [1.807, 2.05) is 0 Å². The average Bonchev–Trinajstić information content (AvgIpc) is 2.07. The lowest BCUT2D eigenvalue weighted by Crippen LogP contribution is -2.39. The molecule has 0 heterocycles. The average molecular weight is 188 g/mol. The van der Waals surface area contributed by atoms with Crippen molar-refractivity contribution in [3.8, 4) is 0 Å². The summed E-state index contributed by atoms with van der Waals surface area (Å²) < 4.78 is 0. The van der Waals surface area contributed by atoms with Crippen LogP contribution in [0.15, 0.2) is 36.5 Å². The van der Waals surface area contributed by atoms with Gasteiger partial charge in [-0.05, 0) is 23.1 Å². The predicted molar refractivity (Wildman–Crippen MR) is 60.6 cm³/mol. The molecule has 1 heteroatoms. The highest BCUT2D eigenvalue weighted by molar-refractivity contribution is 6.83. The normalized spacial score (nSPS) is 20.3. The van der Waals surface area contributed by atoms with Crippen LogP contribution in [-0.4, -0.2) is 8.07 Å². The summed E-state index contributed by atoms with van der Waals surface area (Å²) in [6.07, 6.45) is 1.28. The SMILES string of the molecule is C=C[Si](C)(C)C1Cc2ccccc21. The van der Waals surface area contributed by atoms with Crippen LogP contribution in [0.3, 0.4) is 0 Å². The van der Waals surface area contributed by atoms with Crippen LogP contribution in [0.5, 0.6) is 0 Å². The molecular formula is C12H16Si. The first-order chi connectivity index (χ1) is 6.15. The van der Waals surface area contributed by atoms with Gasteiger partial charge in [0.25, 0.3) is 0 Å². The summed E-state index contributed by atoms with van der Waals surface area (Å²) in [5.41, 5.74) is 6.17. The van der Waals surface area contributed by atoms with Crippen LogP contribution < -0.4 is 0 Å². The Morgan fingerprint density at radius 3 is 2.69 bits per heavy atom. The first-order valence-corrected chi connectivity index (χ1v) is 8.02. The minimum absolute atomic E-state index is 0.821. The van der Waals surface area contributed by atoms with Crippen molar-refractivity contribution < 1.29 is 0 Å². The van der Waals surface area contributed by atoms with Gasteiger partial charge in [-0.25, -0.2) is 0 Å². The van der Waals surface area contributed by atoms with E-state index < -0.39 is 8.07 Å². The molecule has 68 valence electrons. The van der Waals surface area contributed by atoms with Gasteiger partial charge in [0.15, 0.2) is 0 Å². The van der Waals surface area contributed by atoms with Crippen LogP contribution in [0.2, 0.25) is 13.1 Å². The highest BCUT2D eigenvalue weighted by atomic mass is 28.3. The molecule has 0 nitrogen and oxygen atoms in total. The van der Waals surface area contributed by atoms with Crippen molar-refractivity contribution in [3.05, 3.63) is 47.7 Å². The van der Waals surface area contributed by atoms with Crippen molar-refractivity contribution in [1.82, 2.24) is 0 Å². The van der Waals surface area contributed by atoms with Gasteiger partial charge in [-0.3, -0.25) is 0 Å². The maximum Gasteiger partial charge on any atom is 0.0787 e. The fourth-order valence-electron chi connectivity index (χ4n) is 2.06. The van der Waals surface area contributed by atoms with Crippen LogP contribution >= 0.6 is 0 Å². The second-order valence-electron chi connectivity index (χ2n) is 4.48. The van der Waals surface area contributed by atoms with E-state index in [4.69, 9.17) is 0 Å². The summed E-state index contributed by atoms with van der Waals surface area (Å²) in [6, 6.07) is 8.82. The molecule has 0 aromatic heterocycles. The summed E-state index contributed by atoms with van der Waals surface area (Å²) in [5.74, 6) is 0. The number of hydrogen-bond donors (Lipinski definition) is 0. The van der Waals surface area contributed by atoms with E-state index in [-0.39, 0.29) is 0 Å². The van der Waals surface area contributed by atoms with E-state index in [1.165, 1.54) is 6.42 Å². The molecule has 1 aromatic carbocycles. The smallest absolute Gasteiger partial charge is 0.0787 e. The fourth-order valence-corrected chi connectivity index (χ4v) is 4.18. The molecule has 0 amide bonds. The van der Waals surface area contributed by atoms with Gasteiger partial charge >= 0.3 is 0 Å². The lowest BCUT2D eigenvalue weighted by Gasteiger charge is -2.39. The molecule has 0 aliphatic heterocycles. The summed E-state index contributed by atoms with van der Waals surface area (Å²) >= 11 is 0. The standard InChI is InChI=1S/C12H16Si/c1-4-13(2,3)12-9-10-7-5-6-8-11(10)12/h4-8,12H,1,9H2,2-3H3. The largest absolute Gasteiger partial charge is 0.107 e. The van der Waals surface area contributed by atoms with E-state index in [9.17, 15) is 0 Å². The fraction of sp³-hybridized carbons (Fsp3) is 0.333. The molecule has 0 N–H and O–H groups in total. The zero-order chi connectivity index (χ0) is 9.47. The Kier molecular flexibility index (Phi) is 1.92. The van der Waals surface area contributed by atoms with E-state index in [0.717, 1.165) is 5.54 Å². The zero-order valence-electron chi connectivity index (χ0n) is 8.38. The summed E-state index contributed by atoms with van der Waals surface area (Å²) in [6.45, 7) is 8.78. The lowest BCUT2D eigenvalue weighted by atomic mass is 9.88.